The Kier molecular flexibility index (Phi) is 6.02. The first-order chi connectivity index (χ1) is 15.5. The second kappa shape index (κ2) is 9.05. The summed E-state index contributed by atoms with van der Waals surface area (Å²) >= 11 is 0. The number of benzene rings is 2. The highest BCUT2D eigenvalue weighted by molar-refractivity contribution is 6.00. The van der Waals surface area contributed by atoms with E-state index in [-0.39, 0.29) is 17.6 Å². The van der Waals surface area contributed by atoms with Crippen molar-refractivity contribution in [1.29, 1.82) is 0 Å². The average molecular weight is 432 g/mol. The summed E-state index contributed by atoms with van der Waals surface area (Å²) in [5.74, 6) is 0.357. The normalized spacial score (nSPS) is 13.8. The van der Waals surface area contributed by atoms with Gasteiger partial charge in [-0.25, -0.2) is 9.97 Å². The molecule has 2 aromatic carbocycles. The summed E-state index contributed by atoms with van der Waals surface area (Å²) in [6.07, 6.45) is 5.95. The maximum atomic E-state index is 12.7. The van der Waals surface area contributed by atoms with Crippen LogP contribution in [0.2, 0.25) is 0 Å². The van der Waals surface area contributed by atoms with Crippen LogP contribution in [0.1, 0.15) is 39.9 Å². The second-order valence-corrected chi connectivity index (χ2v) is 7.83. The van der Waals surface area contributed by atoms with Crippen molar-refractivity contribution in [1.82, 2.24) is 20.6 Å². The quantitative estimate of drug-likeness (QED) is 0.504. The van der Waals surface area contributed by atoms with Gasteiger partial charge >= 0.3 is 0 Å². The van der Waals surface area contributed by atoms with Crippen molar-refractivity contribution in [3.63, 3.8) is 0 Å². The number of amides is 2. The number of methoxy groups -OCH3 is 1. The Morgan fingerprint density at radius 1 is 1.06 bits per heavy atom. The van der Waals surface area contributed by atoms with Crippen LogP contribution < -0.4 is 15.4 Å². The highest BCUT2D eigenvalue weighted by atomic mass is 16.5. The third kappa shape index (κ3) is 4.85. The predicted octanol–water partition coefficient (Wildman–Crippen LogP) is 2.36. The molecule has 0 bridgehead atoms. The van der Waals surface area contributed by atoms with Crippen molar-refractivity contribution in [3.05, 3.63) is 83.4 Å². The molecule has 3 aromatic rings. The molecular formula is C24H24N4O4. The van der Waals surface area contributed by atoms with Crippen LogP contribution in [0.25, 0.3) is 0 Å². The van der Waals surface area contributed by atoms with E-state index in [9.17, 15) is 14.7 Å². The maximum Gasteiger partial charge on any atom is 0.255 e. The van der Waals surface area contributed by atoms with E-state index in [0.717, 1.165) is 16.7 Å². The van der Waals surface area contributed by atoms with Crippen molar-refractivity contribution in [2.75, 3.05) is 7.11 Å². The van der Waals surface area contributed by atoms with Crippen LogP contribution in [0.15, 0.2) is 61.2 Å². The molecule has 8 nitrogen and oxygen atoms in total. The van der Waals surface area contributed by atoms with E-state index in [4.69, 9.17) is 4.74 Å². The minimum atomic E-state index is -0.864. The molecule has 0 saturated heterocycles. The van der Waals surface area contributed by atoms with Gasteiger partial charge in [-0.15, -0.1) is 0 Å². The Labute approximate surface area is 185 Å². The standard InChI is InChI=1S/C24H24N4O4/c1-32-20-6-7-21(29)18(11-20)10-16-2-4-17(5-3-16)12-27-23(31)24(8-9-24)28-22(30)19-13-25-15-26-14-19/h2-7,11,13-15,29H,8-10,12H2,1H3,(H,27,31)(H,28,30). The summed E-state index contributed by atoms with van der Waals surface area (Å²) in [5.41, 5.74) is 2.21. The Hall–Kier alpha value is -3.94. The molecule has 0 unspecified atom stereocenters. The number of ether oxygens (including phenoxy) is 1. The van der Waals surface area contributed by atoms with Crippen LogP contribution in [-0.2, 0) is 17.8 Å². The van der Waals surface area contributed by atoms with Gasteiger partial charge in [-0.2, -0.15) is 0 Å². The fraction of sp³-hybridized carbons (Fsp3) is 0.250. The molecule has 0 radical (unpaired) electrons. The molecule has 1 saturated carbocycles. The van der Waals surface area contributed by atoms with Gasteiger partial charge in [-0.05, 0) is 42.2 Å². The lowest BCUT2D eigenvalue weighted by Gasteiger charge is -2.17. The van der Waals surface area contributed by atoms with Gasteiger partial charge in [0.05, 0.1) is 12.7 Å². The lowest BCUT2D eigenvalue weighted by atomic mass is 10.0. The van der Waals surface area contributed by atoms with E-state index in [0.29, 0.717) is 37.1 Å². The van der Waals surface area contributed by atoms with Crippen LogP contribution in [0.3, 0.4) is 0 Å². The Morgan fingerprint density at radius 3 is 2.41 bits per heavy atom. The number of rotatable bonds is 8. The smallest absolute Gasteiger partial charge is 0.255 e. The monoisotopic (exact) mass is 432 g/mol. The number of phenols is 1. The van der Waals surface area contributed by atoms with Crippen molar-refractivity contribution >= 4 is 11.8 Å². The van der Waals surface area contributed by atoms with Gasteiger partial charge in [0, 0.05) is 30.9 Å². The van der Waals surface area contributed by atoms with Gasteiger partial charge in [0.15, 0.2) is 0 Å². The van der Waals surface area contributed by atoms with Gasteiger partial charge in [0.2, 0.25) is 5.91 Å². The molecule has 0 aliphatic heterocycles. The predicted molar refractivity (Wildman–Crippen MR) is 117 cm³/mol. The molecule has 1 aromatic heterocycles. The Bertz CT molecular complexity index is 1110. The number of carbonyl (C=O) groups excluding carboxylic acids is 2. The Morgan fingerprint density at radius 2 is 1.75 bits per heavy atom. The number of hydrogen-bond donors (Lipinski definition) is 3. The molecule has 0 atom stereocenters. The molecule has 1 heterocycles. The second-order valence-electron chi connectivity index (χ2n) is 7.83. The third-order valence-corrected chi connectivity index (χ3v) is 5.52. The number of hydrogen-bond acceptors (Lipinski definition) is 6. The molecule has 1 aliphatic carbocycles. The van der Waals surface area contributed by atoms with Crippen molar-refractivity contribution in [3.8, 4) is 11.5 Å². The van der Waals surface area contributed by atoms with Crippen LogP contribution in [0.4, 0.5) is 0 Å². The summed E-state index contributed by atoms with van der Waals surface area (Å²) in [4.78, 5) is 32.7. The molecular weight excluding hydrogens is 408 g/mol. The van der Waals surface area contributed by atoms with E-state index in [1.165, 1.54) is 18.7 Å². The molecule has 0 spiro atoms. The van der Waals surface area contributed by atoms with Gasteiger partial charge in [0.1, 0.15) is 23.4 Å². The molecule has 32 heavy (non-hydrogen) atoms. The number of aromatic hydroxyl groups is 1. The molecule has 1 fully saturated rings. The number of aromatic nitrogens is 2. The molecule has 4 rings (SSSR count). The van der Waals surface area contributed by atoms with E-state index in [1.54, 1.807) is 19.2 Å². The summed E-state index contributed by atoms with van der Waals surface area (Å²) in [7, 11) is 1.59. The Balaban J connectivity index is 1.32. The number of phenolic OH excluding ortho intramolecular Hbond substituents is 1. The first-order valence-corrected chi connectivity index (χ1v) is 10.3. The summed E-state index contributed by atoms with van der Waals surface area (Å²) < 4.78 is 5.22. The van der Waals surface area contributed by atoms with Crippen molar-refractivity contribution in [2.45, 2.75) is 31.3 Å². The highest BCUT2D eigenvalue weighted by Gasteiger charge is 2.51. The average Bonchev–Trinajstić information content (AvgIpc) is 3.61. The maximum absolute atomic E-state index is 12.7. The van der Waals surface area contributed by atoms with Gasteiger partial charge < -0.3 is 20.5 Å². The lowest BCUT2D eigenvalue weighted by Crippen LogP contribution is -2.48. The van der Waals surface area contributed by atoms with E-state index >= 15 is 0 Å². The van der Waals surface area contributed by atoms with E-state index < -0.39 is 5.54 Å². The van der Waals surface area contributed by atoms with Crippen LogP contribution >= 0.6 is 0 Å². The largest absolute Gasteiger partial charge is 0.508 e. The first kappa shape index (κ1) is 21.3. The van der Waals surface area contributed by atoms with E-state index in [2.05, 4.69) is 20.6 Å². The summed E-state index contributed by atoms with van der Waals surface area (Å²) in [6.45, 7) is 0.357. The molecule has 3 N–H and O–H groups in total. The van der Waals surface area contributed by atoms with Gasteiger partial charge in [-0.3, -0.25) is 9.59 Å². The van der Waals surface area contributed by atoms with Crippen LogP contribution in [0, 0.1) is 0 Å². The van der Waals surface area contributed by atoms with Crippen LogP contribution in [-0.4, -0.2) is 39.5 Å². The number of nitrogens with one attached hydrogen (secondary N) is 2. The zero-order valence-electron chi connectivity index (χ0n) is 17.7. The molecule has 8 heteroatoms. The van der Waals surface area contributed by atoms with Gasteiger partial charge in [-0.1, -0.05) is 24.3 Å². The fourth-order valence-electron chi connectivity index (χ4n) is 3.42. The highest BCUT2D eigenvalue weighted by Crippen LogP contribution is 2.36. The van der Waals surface area contributed by atoms with Crippen LogP contribution in [0.5, 0.6) is 11.5 Å². The third-order valence-electron chi connectivity index (χ3n) is 5.52. The molecule has 164 valence electrons. The summed E-state index contributed by atoms with van der Waals surface area (Å²) in [6, 6.07) is 12.9. The lowest BCUT2D eigenvalue weighted by molar-refractivity contribution is -0.124. The van der Waals surface area contributed by atoms with Crippen molar-refractivity contribution < 1.29 is 19.4 Å². The molecule has 2 amide bonds. The zero-order valence-corrected chi connectivity index (χ0v) is 17.7. The first-order valence-electron chi connectivity index (χ1n) is 10.3. The van der Waals surface area contributed by atoms with Crippen molar-refractivity contribution in [2.24, 2.45) is 0 Å². The zero-order chi connectivity index (χ0) is 22.6. The fourth-order valence-corrected chi connectivity index (χ4v) is 3.42. The summed E-state index contributed by atoms with van der Waals surface area (Å²) in [5, 5.41) is 15.8. The minimum Gasteiger partial charge on any atom is -0.508 e. The molecule has 1 aliphatic rings. The number of carbonyl (C=O) groups is 2. The SMILES string of the molecule is COc1ccc(O)c(Cc2ccc(CNC(=O)C3(NC(=O)c4cncnc4)CC3)cc2)c1. The van der Waals surface area contributed by atoms with Gasteiger partial charge in [0.25, 0.3) is 5.91 Å². The van der Waals surface area contributed by atoms with E-state index in [1.807, 2.05) is 30.3 Å². The topological polar surface area (TPSA) is 113 Å². The number of nitrogens with zero attached hydrogens (tertiary/aromatic N) is 2. The minimum absolute atomic E-state index is 0.201.